The molecular formula is C17H18ClNO4S. The van der Waals surface area contributed by atoms with E-state index < -0.39 is 5.97 Å². The normalized spacial score (nSPS) is 10.3. The minimum absolute atomic E-state index is 0.171. The Labute approximate surface area is 149 Å². The summed E-state index contributed by atoms with van der Waals surface area (Å²) in [6.07, 6.45) is 0.856. The number of anilines is 1. The second kappa shape index (κ2) is 8.70. The van der Waals surface area contributed by atoms with E-state index >= 15 is 0 Å². The van der Waals surface area contributed by atoms with Crippen LogP contribution < -0.4 is 10.1 Å². The van der Waals surface area contributed by atoms with Gasteiger partial charge in [0.1, 0.15) is 10.6 Å². The zero-order valence-corrected chi connectivity index (χ0v) is 15.0. The number of ether oxygens (including phenoxy) is 2. The molecular weight excluding hydrogens is 350 g/mol. The lowest BCUT2D eigenvalue weighted by atomic mass is 10.2. The first kappa shape index (κ1) is 18.3. The van der Waals surface area contributed by atoms with Gasteiger partial charge in [-0.2, -0.15) is 0 Å². The van der Waals surface area contributed by atoms with E-state index in [1.807, 2.05) is 19.1 Å². The number of rotatable bonds is 7. The molecule has 0 radical (unpaired) electrons. The molecule has 24 heavy (non-hydrogen) atoms. The maximum atomic E-state index is 12.0. The molecule has 0 aliphatic rings. The smallest absolute Gasteiger partial charge is 0.350 e. The van der Waals surface area contributed by atoms with Crippen LogP contribution >= 0.6 is 22.9 Å². The summed E-state index contributed by atoms with van der Waals surface area (Å²) in [7, 11) is 1.31. The Morgan fingerprint density at radius 1 is 1.29 bits per heavy atom. The van der Waals surface area contributed by atoms with E-state index in [4.69, 9.17) is 16.3 Å². The number of nitrogens with one attached hydrogen (secondary N) is 1. The molecule has 1 N–H and O–H groups in total. The van der Waals surface area contributed by atoms with Crippen molar-refractivity contribution in [2.45, 2.75) is 19.8 Å². The summed E-state index contributed by atoms with van der Waals surface area (Å²) in [6, 6.07) is 7.09. The summed E-state index contributed by atoms with van der Waals surface area (Å²) >= 11 is 7.12. The monoisotopic (exact) mass is 367 g/mol. The van der Waals surface area contributed by atoms with Crippen LogP contribution in [0.25, 0.3) is 0 Å². The lowest BCUT2D eigenvalue weighted by molar-refractivity contribution is -0.116. The third-order valence-electron chi connectivity index (χ3n) is 3.25. The van der Waals surface area contributed by atoms with Gasteiger partial charge in [0.05, 0.1) is 19.4 Å². The van der Waals surface area contributed by atoms with Crippen LogP contribution in [-0.2, 0) is 9.53 Å². The third-order valence-corrected chi connectivity index (χ3v) is 4.38. The Balaban J connectivity index is 1.78. The van der Waals surface area contributed by atoms with E-state index in [9.17, 15) is 9.59 Å². The number of amides is 1. The molecule has 0 spiro atoms. The highest BCUT2D eigenvalue weighted by molar-refractivity contribution is 7.12. The largest absolute Gasteiger partial charge is 0.493 e. The number of hydrogen-bond acceptors (Lipinski definition) is 5. The predicted molar refractivity (Wildman–Crippen MR) is 95.2 cm³/mol. The Hall–Kier alpha value is -2.05. The summed E-state index contributed by atoms with van der Waals surface area (Å²) in [6.45, 7) is 2.34. The molecule has 0 saturated carbocycles. The Morgan fingerprint density at radius 3 is 2.79 bits per heavy atom. The lowest BCUT2D eigenvalue weighted by Gasteiger charge is -2.09. The van der Waals surface area contributed by atoms with Crippen molar-refractivity contribution in [3.63, 3.8) is 0 Å². The molecule has 1 aromatic heterocycles. The first-order valence-corrected chi connectivity index (χ1v) is 8.61. The highest BCUT2D eigenvalue weighted by Crippen LogP contribution is 2.24. The average molecular weight is 368 g/mol. The van der Waals surface area contributed by atoms with Crippen LogP contribution in [0.1, 0.15) is 28.1 Å². The number of thiophene rings is 1. The van der Waals surface area contributed by atoms with E-state index in [1.54, 1.807) is 17.5 Å². The molecule has 5 nitrogen and oxygen atoms in total. The van der Waals surface area contributed by atoms with Gasteiger partial charge in [0.25, 0.3) is 0 Å². The highest BCUT2D eigenvalue weighted by atomic mass is 35.5. The Morgan fingerprint density at radius 2 is 2.08 bits per heavy atom. The Kier molecular flexibility index (Phi) is 6.63. The first-order chi connectivity index (χ1) is 11.5. The molecule has 0 aliphatic carbocycles. The van der Waals surface area contributed by atoms with E-state index in [1.165, 1.54) is 18.4 Å². The number of benzene rings is 1. The van der Waals surface area contributed by atoms with Crippen molar-refractivity contribution in [3.05, 3.63) is 45.1 Å². The fourth-order valence-corrected chi connectivity index (χ4v) is 3.05. The number of methoxy groups -OCH3 is 1. The molecule has 0 aliphatic heterocycles. The first-order valence-electron chi connectivity index (χ1n) is 7.36. The van der Waals surface area contributed by atoms with Gasteiger partial charge in [-0.3, -0.25) is 4.79 Å². The molecule has 0 atom stereocenters. The fraction of sp³-hybridized carbons (Fsp3) is 0.294. The van der Waals surface area contributed by atoms with Crippen molar-refractivity contribution >= 4 is 40.5 Å². The zero-order chi connectivity index (χ0) is 17.5. The summed E-state index contributed by atoms with van der Waals surface area (Å²) < 4.78 is 10.3. The van der Waals surface area contributed by atoms with Crippen molar-refractivity contribution in [1.82, 2.24) is 0 Å². The van der Waals surface area contributed by atoms with Gasteiger partial charge in [0.15, 0.2) is 0 Å². The lowest BCUT2D eigenvalue weighted by Crippen LogP contribution is -2.14. The number of aryl methyl sites for hydroxylation is 1. The molecule has 2 aromatic rings. The number of halogens is 1. The molecule has 1 heterocycles. The van der Waals surface area contributed by atoms with Crippen LogP contribution in [0, 0.1) is 6.92 Å². The van der Waals surface area contributed by atoms with Crippen molar-refractivity contribution in [3.8, 4) is 5.75 Å². The predicted octanol–water partition coefficient (Wildman–Crippen LogP) is 4.29. The van der Waals surface area contributed by atoms with E-state index in [0.29, 0.717) is 35.0 Å². The van der Waals surface area contributed by atoms with Gasteiger partial charge in [-0.15, -0.1) is 11.3 Å². The van der Waals surface area contributed by atoms with Crippen LogP contribution in [0.5, 0.6) is 5.75 Å². The maximum Gasteiger partial charge on any atom is 0.350 e. The summed E-state index contributed by atoms with van der Waals surface area (Å²) in [5, 5.41) is 5.11. The fourth-order valence-electron chi connectivity index (χ4n) is 2.06. The summed E-state index contributed by atoms with van der Waals surface area (Å²) in [4.78, 5) is 23.9. The summed E-state index contributed by atoms with van der Waals surface area (Å²) in [5.74, 6) is 0.127. The van der Waals surface area contributed by atoms with Gasteiger partial charge in [-0.1, -0.05) is 11.6 Å². The maximum absolute atomic E-state index is 12.0. The van der Waals surface area contributed by atoms with Gasteiger partial charge in [-0.05, 0) is 48.6 Å². The number of carbonyl (C=O) groups excluding carboxylic acids is 2. The van der Waals surface area contributed by atoms with Crippen LogP contribution in [0.2, 0.25) is 5.02 Å². The van der Waals surface area contributed by atoms with Crippen molar-refractivity contribution in [1.29, 1.82) is 0 Å². The highest BCUT2D eigenvalue weighted by Gasteiger charge is 2.15. The minimum atomic E-state index is -0.457. The standard InChI is InChI=1S/C17H18ClNO4S/c1-11-10-12(18)5-6-14(11)23-8-3-4-15(20)19-13-7-9-24-16(13)17(21)22-2/h5-7,9-10H,3-4,8H2,1-2H3,(H,19,20). The quantitative estimate of drug-likeness (QED) is 0.585. The zero-order valence-electron chi connectivity index (χ0n) is 13.4. The second-order valence-corrected chi connectivity index (χ2v) is 6.42. The van der Waals surface area contributed by atoms with Gasteiger partial charge in [-0.25, -0.2) is 4.79 Å². The molecule has 0 saturated heterocycles. The van der Waals surface area contributed by atoms with Crippen molar-refractivity contribution in [2.24, 2.45) is 0 Å². The molecule has 2 rings (SSSR count). The van der Waals surface area contributed by atoms with Gasteiger partial charge in [0.2, 0.25) is 5.91 Å². The number of hydrogen-bond donors (Lipinski definition) is 1. The topological polar surface area (TPSA) is 64.6 Å². The molecule has 0 fully saturated rings. The third kappa shape index (κ3) is 4.97. The molecule has 1 aromatic carbocycles. The summed E-state index contributed by atoms with van der Waals surface area (Å²) in [5.41, 5.74) is 1.43. The minimum Gasteiger partial charge on any atom is -0.493 e. The molecule has 7 heteroatoms. The van der Waals surface area contributed by atoms with Crippen LogP contribution in [0.15, 0.2) is 29.6 Å². The second-order valence-electron chi connectivity index (χ2n) is 5.06. The number of esters is 1. The average Bonchev–Trinajstić information content (AvgIpc) is 3.00. The number of carbonyl (C=O) groups is 2. The Bertz CT molecular complexity index is 729. The van der Waals surface area contributed by atoms with Crippen molar-refractivity contribution in [2.75, 3.05) is 19.0 Å². The van der Waals surface area contributed by atoms with Crippen LogP contribution in [0.4, 0.5) is 5.69 Å². The van der Waals surface area contributed by atoms with E-state index in [0.717, 1.165) is 11.3 Å². The van der Waals surface area contributed by atoms with Gasteiger partial charge in [0, 0.05) is 11.4 Å². The van der Waals surface area contributed by atoms with Gasteiger partial charge < -0.3 is 14.8 Å². The SMILES string of the molecule is COC(=O)c1sccc1NC(=O)CCCOc1ccc(Cl)cc1C. The van der Waals surface area contributed by atoms with Crippen molar-refractivity contribution < 1.29 is 19.1 Å². The van der Waals surface area contributed by atoms with Gasteiger partial charge >= 0.3 is 5.97 Å². The van der Waals surface area contributed by atoms with E-state index in [2.05, 4.69) is 10.1 Å². The molecule has 1 amide bonds. The van der Waals surface area contributed by atoms with Crippen LogP contribution in [-0.4, -0.2) is 25.6 Å². The molecule has 0 unspecified atom stereocenters. The molecule has 128 valence electrons. The van der Waals surface area contributed by atoms with E-state index in [-0.39, 0.29) is 5.91 Å². The van der Waals surface area contributed by atoms with Crippen LogP contribution in [0.3, 0.4) is 0 Å². The molecule has 0 bridgehead atoms.